The number of hydrogen-bond donors (Lipinski definition) is 3. The van der Waals surface area contributed by atoms with Crippen LogP contribution in [-0.2, 0) is 4.79 Å². The molecule has 1 fully saturated rings. The summed E-state index contributed by atoms with van der Waals surface area (Å²) in [6.07, 6.45) is 2.10. The minimum absolute atomic E-state index is 0. The third kappa shape index (κ3) is 10.0. The molecule has 6 nitrogen and oxygen atoms in total. The molecular weight excluding hydrogens is 405 g/mol. The number of rotatable bonds is 10. The smallest absolute Gasteiger partial charge is 0.223 e. The van der Waals surface area contributed by atoms with Crippen molar-refractivity contribution in [3.8, 4) is 0 Å². The predicted molar refractivity (Wildman–Crippen MR) is 108 cm³/mol. The number of nitrogens with one attached hydrogen (secondary N) is 3. The Balaban J connectivity index is 0.00000484. The maximum absolute atomic E-state index is 11.5. The second kappa shape index (κ2) is 12.8. The average molecular weight is 439 g/mol. The number of carbonyl (C=O) groups is 1. The molecule has 0 heterocycles. The van der Waals surface area contributed by atoms with E-state index in [4.69, 9.17) is 0 Å². The number of nitrogens with zero attached hydrogens (tertiary/aromatic N) is 2. The first-order valence-corrected chi connectivity index (χ1v) is 8.62. The van der Waals surface area contributed by atoms with Gasteiger partial charge in [0.2, 0.25) is 5.91 Å². The fourth-order valence-electron chi connectivity index (χ4n) is 2.27. The van der Waals surface area contributed by atoms with Gasteiger partial charge >= 0.3 is 0 Å². The van der Waals surface area contributed by atoms with Gasteiger partial charge in [-0.25, -0.2) is 0 Å². The van der Waals surface area contributed by atoms with Crippen molar-refractivity contribution in [3.05, 3.63) is 0 Å². The first-order valence-electron chi connectivity index (χ1n) is 8.62. The van der Waals surface area contributed by atoms with Crippen LogP contribution in [0.5, 0.6) is 0 Å². The first kappa shape index (κ1) is 22.4. The van der Waals surface area contributed by atoms with Crippen LogP contribution in [0.15, 0.2) is 4.99 Å². The lowest BCUT2D eigenvalue weighted by Crippen LogP contribution is -2.42. The van der Waals surface area contributed by atoms with Crippen LogP contribution >= 0.6 is 24.0 Å². The van der Waals surface area contributed by atoms with E-state index >= 15 is 0 Å². The van der Waals surface area contributed by atoms with Gasteiger partial charge in [0.05, 0.1) is 6.54 Å². The van der Waals surface area contributed by atoms with Crippen LogP contribution < -0.4 is 16.0 Å². The van der Waals surface area contributed by atoms with E-state index in [0.29, 0.717) is 19.1 Å². The Kier molecular flexibility index (Phi) is 12.5. The Morgan fingerprint density at radius 1 is 1.17 bits per heavy atom. The van der Waals surface area contributed by atoms with Gasteiger partial charge in [0.25, 0.3) is 0 Å². The highest BCUT2D eigenvalue weighted by Crippen LogP contribution is 2.28. The number of hydrogen-bond acceptors (Lipinski definition) is 3. The van der Waals surface area contributed by atoms with Gasteiger partial charge in [-0.3, -0.25) is 14.7 Å². The molecule has 0 aromatic heterocycles. The summed E-state index contributed by atoms with van der Waals surface area (Å²) in [6.45, 7) is 13.6. The highest BCUT2D eigenvalue weighted by molar-refractivity contribution is 14.0. The summed E-state index contributed by atoms with van der Waals surface area (Å²) < 4.78 is 0. The molecule has 0 bridgehead atoms. The summed E-state index contributed by atoms with van der Waals surface area (Å²) in [5, 5.41) is 9.44. The molecule has 0 aliphatic heterocycles. The minimum Gasteiger partial charge on any atom is -0.357 e. The van der Waals surface area contributed by atoms with E-state index in [1.54, 1.807) is 0 Å². The summed E-state index contributed by atoms with van der Waals surface area (Å²) >= 11 is 0. The molecule has 7 heteroatoms. The monoisotopic (exact) mass is 439 g/mol. The zero-order valence-electron chi connectivity index (χ0n) is 15.0. The molecule has 0 radical (unpaired) electrons. The van der Waals surface area contributed by atoms with Crippen LogP contribution in [0, 0.1) is 5.92 Å². The fourth-order valence-corrected chi connectivity index (χ4v) is 2.27. The van der Waals surface area contributed by atoms with E-state index in [2.05, 4.69) is 53.5 Å². The number of amides is 1. The van der Waals surface area contributed by atoms with Crippen LogP contribution in [-0.4, -0.2) is 62.1 Å². The molecule has 0 atom stereocenters. The molecule has 0 spiro atoms. The van der Waals surface area contributed by atoms with Crippen molar-refractivity contribution < 1.29 is 4.79 Å². The molecule has 1 aliphatic carbocycles. The van der Waals surface area contributed by atoms with Crippen molar-refractivity contribution >= 4 is 35.8 Å². The van der Waals surface area contributed by atoms with Gasteiger partial charge in [0.1, 0.15) is 0 Å². The Hall–Kier alpha value is -0.570. The standard InChI is InChI=1S/C16H33N5O.HI/c1-5-17-16(20-11-12-21(6-2)13(3)4)19-10-9-18-15(22)14-7-8-14;/h13-14H,5-12H2,1-4H3,(H,18,22)(H2,17,19,20);1H. The number of halogens is 1. The Labute approximate surface area is 158 Å². The van der Waals surface area contributed by atoms with Crippen LogP contribution in [0.2, 0.25) is 0 Å². The van der Waals surface area contributed by atoms with Crippen molar-refractivity contribution in [2.75, 3.05) is 39.3 Å². The van der Waals surface area contributed by atoms with Crippen molar-refractivity contribution in [2.24, 2.45) is 10.9 Å². The van der Waals surface area contributed by atoms with Crippen LogP contribution in [0.1, 0.15) is 40.5 Å². The molecule has 0 saturated heterocycles. The van der Waals surface area contributed by atoms with E-state index in [1.807, 2.05) is 0 Å². The molecule has 1 amide bonds. The summed E-state index contributed by atoms with van der Waals surface area (Å²) in [5.41, 5.74) is 0. The average Bonchev–Trinajstić information content (AvgIpc) is 3.31. The van der Waals surface area contributed by atoms with E-state index in [9.17, 15) is 4.79 Å². The van der Waals surface area contributed by atoms with Gasteiger partial charge in [-0.1, -0.05) is 6.92 Å². The normalized spacial score (nSPS) is 14.6. The molecule has 1 rings (SSSR count). The lowest BCUT2D eigenvalue weighted by atomic mass is 10.3. The third-order valence-corrected chi connectivity index (χ3v) is 3.80. The highest BCUT2D eigenvalue weighted by Gasteiger charge is 2.28. The quantitative estimate of drug-likeness (QED) is 0.209. The zero-order valence-corrected chi connectivity index (χ0v) is 17.4. The number of aliphatic imine (C=N–C) groups is 1. The van der Waals surface area contributed by atoms with Gasteiger partial charge in [-0.2, -0.15) is 0 Å². The lowest BCUT2D eigenvalue weighted by molar-refractivity contribution is -0.122. The van der Waals surface area contributed by atoms with E-state index in [0.717, 1.165) is 45.0 Å². The van der Waals surface area contributed by atoms with Crippen molar-refractivity contribution in [3.63, 3.8) is 0 Å². The topological polar surface area (TPSA) is 68.8 Å². The fraction of sp³-hybridized carbons (Fsp3) is 0.875. The predicted octanol–water partition coefficient (Wildman–Crippen LogP) is 1.42. The molecule has 1 aliphatic rings. The summed E-state index contributed by atoms with van der Waals surface area (Å²) in [6, 6.07) is 0.549. The molecule has 0 aromatic carbocycles. The zero-order chi connectivity index (χ0) is 16.4. The Morgan fingerprint density at radius 3 is 2.35 bits per heavy atom. The molecule has 3 N–H and O–H groups in total. The molecule has 136 valence electrons. The second-order valence-corrected chi connectivity index (χ2v) is 5.98. The van der Waals surface area contributed by atoms with Gasteiger partial charge < -0.3 is 16.0 Å². The van der Waals surface area contributed by atoms with Gasteiger partial charge in [-0.05, 0) is 40.2 Å². The molecule has 0 unspecified atom stereocenters. The van der Waals surface area contributed by atoms with Gasteiger partial charge in [0.15, 0.2) is 5.96 Å². The molecular formula is C16H34IN5O. The summed E-state index contributed by atoms with van der Waals surface area (Å²) in [4.78, 5) is 18.5. The largest absolute Gasteiger partial charge is 0.357 e. The van der Waals surface area contributed by atoms with Crippen LogP contribution in [0.25, 0.3) is 0 Å². The minimum atomic E-state index is 0. The maximum atomic E-state index is 11.5. The van der Waals surface area contributed by atoms with Crippen LogP contribution in [0.3, 0.4) is 0 Å². The van der Waals surface area contributed by atoms with Crippen molar-refractivity contribution in [2.45, 2.75) is 46.6 Å². The van der Waals surface area contributed by atoms with E-state index < -0.39 is 0 Å². The lowest BCUT2D eigenvalue weighted by Gasteiger charge is -2.23. The molecule has 1 saturated carbocycles. The number of guanidine groups is 1. The summed E-state index contributed by atoms with van der Waals surface area (Å²) in [7, 11) is 0. The number of likely N-dealkylation sites (N-methyl/N-ethyl adjacent to an activating group) is 1. The van der Waals surface area contributed by atoms with Crippen LogP contribution in [0.4, 0.5) is 0 Å². The van der Waals surface area contributed by atoms with Crippen molar-refractivity contribution in [1.82, 2.24) is 20.9 Å². The highest BCUT2D eigenvalue weighted by atomic mass is 127. The summed E-state index contributed by atoms with van der Waals surface area (Å²) in [5.74, 6) is 1.29. The van der Waals surface area contributed by atoms with Gasteiger partial charge in [-0.15, -0.1) is 24.0 Å². The van der Waals surface area contributed by atoms with Crippen molar-refractivity contribution in [1.29, 1.82) is 0 Å². The Morgan fingerprint density at radius 2 is 1.83 bits per heavy atom. The number of carbonyl (C=O) groups excluding carboxylic acids is 1. The SMILES string of the molecule is CCNC(=NCCN(CC)C(C)C)NCCNC(=O)C1CC1.I. The van der Waals surface area contributed by atoms with E-state index in [1.165, 1.54) is 0 Å². The third-order valence-electron chi connectivity index (χ3n) is 3.80. The maximum Gasteiger partial charge on any atom is 0.223 e. The molecule has 23 heavy (non-hydrogen) atoms. The van der Waals surface area contributed by atoms with E-state index in [-0.39, 0.29) is 35.8 Å². The van der Waals surface area contributed by atoms with Gasteiger partial charge in [0, 0.05) is 38.1 Å². The molecule has 0 aromatic rings. The second-order valence-electron chi connectivity index (χ2n) is 5.98. The Bertz CT molecular complexity index is 358. The first-order chi connectivity index (χ1) is 10.6.